The van der Waals surface area contributed by atoms with Crippen molar-refractivity contribution in [3.63, 3.8) is 0 Å². The van der Waals surface area contributed by atoms with Crippen molar-refractivity contribution in [1.29, 1.82) is 0 Å². The minimum atomic E-state index is -8.02. The molecule has 1 rings (SSSR count). The highest BCUT2D eigenvalue weighted by molar-refractivity contribution is 5.85. The minimum absolute atomic E-state index is 0.0947. The van der Waals surface area contributed by atoms with Crippen LogP contribution >= 0.6 is 0 Å². The molecule has 1 fully saturated rings. The number of carbonyl (C=O) groups is 1. The van der Waals surface area contributed by atoms with E-state index in [1.54, 1.807) is 6.92 Å². The molecule has 178 valence electrons. The van der Waals surface area contributed by atoms with E-state index in [0.717, 1.165) is 0 Å². The first-order valence-electron chi connectivity index (χ1n) is 8.17. The van der Waals surface area contributed by atoms with E-state index < -0.39 is 47.7 Å². The van der Waals surface area contributed by atoms with Crippen molar-refractivity contribution in [1.82, 2.24) is 10.2 Å². The Kier molecular flexibility index (Phi) is 6.99. The third-order valence-electron chi connectivity index (χ3n) is 4.51. The van der Waals surface area contributed by atoms with Gasteiger partial charge in [-0.25, -0.2) is 0 Å². The molecule has 1 unspecified atom stereocenters. The van der Waals surface area contributed by atoms with Crippen LogP contribution in [0.15, 0.2) is 0 Å². The number of likely N-dealkylation sites (tertiary alicyclic amines) is 1. The number of piperidine rings is 1. The highest BCUT2D eigenvalue weighted by Crippen LogP contribution is 2.60. The topological polar surface area (TPSA) is 32.3 Å². The molecule has 30 heavy (non-hydrogen) atoms. The fourth-order valence-electron chi connectivity index (χ4n) is 2.65. The molecule has 1 atom stereocenters. The SMILES string of the molecule is CCN1CCCC(NC(=O)C(F)(F)C(F)(F)C(F)(F)C(F)(F)C(F)(F)C(F)(F)F)C1. The van der Waals surface area contributed by atoms with Crippen LogP contribution in [0, 0.1) is 0 Å². The Morgan fingerprint density at radius 3 is 1.73 bits per heavy atom. The highest BCUT2D eigenvalue weighted by Gasteiger charge is 2.91. The molecule has 0 radical (unpaired) electrons. The van der Waals surface area contributed by atoms with Gasteiger partial charge in [0, 0.05) is 12.6 Å². The summed E-state index contributed by atoms with van der Waals surface area (Å²) in [7, 11) is 0. The van der Waals surface area contributed by atoms with Crippen LogP contribution in [0.4, 0.5) is 57.1 Å². The molecular formula is C14H15F13N2O. The van der Waals surface area contributed by atoms with Crippen molar-refractivity contribution in [3.8, 4) is 0 Å². The van der Waals surface area contributed by atoms with E-state index in [0.29, 0.717) is 13.1 Å². The maximum Gasteiger partial charge on any atom is 0.460 e. The van der Waals surface area contributed by atoms with Gasteiger partial charge >= 0.3 is 35.8 Å². The van der Waals surface area contributed by atoms with E-state index >= 15 is 0 Å². The molecule has 0 aromatic rings. The summed E-state index contributed by atoms with van der Waals surface area (Å²) in [6, 6.07) is -1.31. The van der Waals surface area contributed by atoms with Crippen molar-refractivity contribution >= 4 is 5.91 Å². The lowest BCUT2D eigenvalue weighted by Gasteiger charge is -2.39. The Morgan fingerprint density at radius 2 is 1.30 bits per heavy atom. The number of nitrogens with zero attached hydrogens (tertiary/aromatic N) is 1. The van der Waals surface area contributed by atoms with Gasteiger partial charge in [0.25, 0.3) is 5.91 Å². The lowest BCUT2D eigenvalue weighted by atomic mass is 9.93. The standard InChI is InChI=1S/C14H15F13N2O/c1-2-29-5-3-4-7(6-29)28-8(30)9(15,16)10(17,18)11(19,20)12(21,22)13(23,24)14(25,26)27/h7H,2-6H2,1H3,(H,28,30). The van der Waals surface area contributed by atoms with Crippen molar-refractivity contribution < 1.29 is 61.9 Å². The number of hydrogen-bond acceptors (Lipinski definition) is 2. The fraction of sp³-hybridized carbons (Fsp3) is 0.929. The molecule has 1 saturated heterocycles. The van der Waals surface area contributed by atoms with Gasteiger partial charge in [0.1, 0.15) is 0 Å². The van der Waals surface area contributed by atoms with Crippen molar-refractivity contribution in [2.75, 3.05) is 19.6 Å². The minimum Gasteiger partial charge on any atom is -0.347 e. The molecular weight excluding hydrogens is 459 g/mol. The van der Waals surface area contributed by atoms with Gasteiger partial charge in [0.2, 0.25) is 0 Å². The van der Waals surface area contributed by atoms with Gasteiger partial charge in [-0.2, -0.15) is 57.1 Å². The normalized spacial score (nSPS) is 20.9. The first kappa shape index (κ1) is 26.6. The molecule has 1 heterocycles. The lowest BCUT2D eigenvalue weighted by Crippen LogP contribution is -2.72. The largest absolute Gasteiger partial charge is 0.460 e. The Balaban J connectivity index is 3.23. The molecule has 16 heteroatoms. The van der Waals surface area contributed by atoms with Gasteiger partial charge in [-0.15, -0.1) is 0 Å². The fourth-order valence-corrected chi connectivity index (χ4v) is 2.65. The number of likely N-dealkylation sites (N-methyl/N-ethyl adjacent to an activating group) is 1. The van der Waals surface area contributed by atoms with Gasteiger partial charge in [-0.3, -0.25) is 4.79 Å². The Hall–Kier alpha value is -1.48. The maximum absolute atomic E-state index is 13.7. The van der Waals surface area contributed by atoms with E-state index in [-0.39, 0.29) is 19.4 Å². The summed E-state index contributed by atoms with van der Waals surface area (Å²) in [6.07, 6.45) is -7.34. The van der Waals surface area contributed by atoms with E-state index in [4.69, 9.17) is 0 Å². The molecule has 1 aliphatic heterocycles. The first-order chi connectivity index (χ1) is 13.2. The molecule has 0 bridgehead atoms. The zero-order valence-electron chi connectivity index (χ0n) is 14.9. The van der Waals surface area contributed by atoms with E-state index in [2.05, 4.69) is 0 Å². The van der Waals surface area contributed by atoms with Crippen LogP contribution in [0.2, 0.25) is 0 Å². The van der Waals surface area contributed by atoms with Crippen LogP contribution in [-0.4, -0.2) is 72.3 Å². The van der Waals surface area contributed by atoms with Gasteiger partial charge in [0.05, 0.1) is 0 Å². The van der Waals surface area contributed by atoms with Crippen LogP contribution in [0.25, 0.3) is 0 Å². The van der Waals surface area contributed by atoms with Gasteiger partial charge in [-0.05, 0) is 25.9 Å². The lowest BCUT2D eigenvalue weighted by molar-refractivity contribution is -0.436. The van der Waals surface area contributed by atoms with Crippen LogP contribution in [0.3, 0.4) is 0 Å². The maximum atomic E-state index is 13.7. The summed E-state index contributed by atoms with van der Waals surface area (Å²) in [5, 5.41) is 1.22. The number of hydrogen-bond donors (Lipinski definition) is 1. The number of alkyl halides is 13. The average molecular weight is 474 g/mol. The van der Waals surface area contributed by atoms with Crippen LogP contribution in [0.5, 0.6) is 0 Å². The zero-order valence-corrected chi connectivity index (χ0v) is 14.9. The Morgan fingerprint density at radius 1 is 0.833 bits per heavy atom. The number of nitrogens with one attached hydrogen (secondary N) is 1. The number of halogens is 13. The van der Waals surface area contributed by atoms with Gasteiger partial charge in [-0.1, -0.05) is 6.92 Å². The summed E-state index contributed by atoms with van der Waals surface area (Å²) < 4.78 is 169. The van der Waals surface area contributed by atoms with E-state index in [1.165, 1.54) is 10.2 Å². The van der Waals surface area contributed by atoms with Crippen molar-refractivity contribution in [2.24, 2.45) is 0 Å². The number of carbonyl (C=O) groups excluding carboxylic acids is 1. The molecule has 1 N–H and O–H groups in total. The summed E-state index contributed by atoms with van der Waals surface area (Å²) in [6.45, 7) is 2.11. The molecule has 3 nitrogen and oxygen atoms in total. The molecule has 0 saturated carbocycles. The number of rotatable bonds is 7. The second-order valence-corrected chi connectivity index (χ2v) is 6.58. The molecule has 0 aliphatic carbocycles. The zero-order chi connectivity index (χ0) is 24.0. The van der Waals surface area contributed by atoms with Crippen molar-refractivity contribution in [2.45, 2.75) is 61.6 Å². The quantitative estimate of drug-likeness (QED) is 0.558. The third kappa shape index (κ3) is 4.02. The van der Waals surface area contributed by atoms with Crippen LogP contribution in [-0.2, 0) is 4.79 Å². The number of amides is 1. The second-order valence-electron chi connectivity index (χ2n) is 6.58. The van der Waals surface area contributed by atoms with Crippen LogP contribution < -0.4 is 5.32 Å². The molecule has 0 aromatic heterocycles. The Bertz CT molecular complexity index is 632. The molecule has 1 amide bonds. The van der Waals surface area contributed by atoms with Crippen molar-refractivity contribution in [3.05, 3.63) is 0 Å². The predicted octanol–water partition coefficient (Wildman–Crippen LogP) is 4.33. The average Bonchev–Trinajstić information content (AvgIpc) is 2.60. The van der Waals surface area contributed by atoms with Gasteiger partial charge in [0.15, 0.2) is 0 Å². The van der Waals surface area contributed by atoms with Gasteiger partial charge < -0.3 is 10.2 Å². The molecule has 0 spiro atoms. The summed E-state index contributed by atoms with van der Waals surface area (Å²) in [5.41, 5.74) is 0. The summed E-state index contributed by atoms with van der Waals surface area (Å²) >= 11 is 0. The van der Waals surface area contributed by atoms with E-state index in [1.807, 2.05) is 0 Å². The first-order valence-corrected chi connectivity index (χ1v) is 8.17. The van der Waals surface area contributed by atoms with Crippen LogP contribution in [0.1, 0.15) is 19.8 Å². The predicted molar refractivity (Wildman–Crippen MR) is 74.1 cm³/mol. The summed E-state index contributed by atoms with van der Waals surface area (Å²) in [5.74, 6) is -41.4. The molecule has 1 aliphatic rings. The Labute approximate surface area is 160 Å². The highest BCUT2D eigenvalue weighted by atomic mass is 19.4. The summed E-state index contributed by atoms with van der Waals surface area (Å²) in [4.78, 5) is 13.0. The third-order valence-corrected chi connectivity index (χ3v) is 4.51. The van der Waals surface area contributed by atoms with E-state index in [9.17, 15) is 61.9 Å². The molecule has 0 aromatic carbocycles. The monoisotopic (exact) mass is 474 g/mol. The second kappa shape index (κ2) is 7.89. The smallest absolute Gasteiger partial charge is 0.347 e.